The summed E-state index contributed by atoms with van der Waals surface area (Å²) in [7, 11) is -3.37. The molecule has 1 aliphatic carbocycles. The molecule has 1 aromatic carbocycles. The molecule has 22 heavy (non-hydrogen) atoms. The maximum Gasteiger partial charge on any atom is 0.240 e. The SMILES string of the molecule is CC1CCC(CCc2ccc(S(=O)(=O)NC(C)C)cc2)CC1. The van der Waals surface area contributed by atoms with Gasteiger partial charge in [0.05, 0.1) is 4.90 Å². The zero-order chi connectivity index (χ0) is 16.2. The van der Waals surface area contributed by atoms with Gasteiger partial charge in [0.15, 0.2) is 0 Å². The lowest BCUT2D eigenvalue weighted by atomic mass is 9.80. The van der Waals surface area contributed by atoms with Gasteiger partial charge in [0.25, 0.3) is 0 Å². The van der Waals surface area contributed by atoms with Gasteiger partial charge in [-0.05, 0) is 56.2 Å². The second kappa shape index (κ2) is 7.60. The molecule has 124 valence electrons. The van der Waals surface area contributed by atoms with E-state index in [0.29, 0.717) is 4.90 Å². The van der Waals surface area contributed by atoms with Crippen LogP contribution in [-0.2, 0) is 16.4 Å². The summed E-state index contributed by atoms with van der Waals surface area (Å²) in [5, 5.41) is 0. The molecule has 1 N–H and O–H groups in total. The third-order valence-corrected chi connectivity index (χ3v) is 6.28. The minimum atomic E-state index is -3.37. The van der Waals surface area contributed by atoms with Crippen LogP contribution < -0.4 is 4.72 Å². The first-order chi connectivity index (χ1) is 10.4. The van der Waals surface area contributed by atoms with Crippen LogP contribution in [0.5, 0.6) is 0 Å². The van der Waals surface area contributed by atoms with E-state index in [1.54, 1.807) is 12.1 Å². The predicted octanol–water partition coefficient (Wildman–Crippen LogP) is 4.13. The van der Waals surface area contributed by atoms with Gasteiger partial charge < -0.3 is 0 Å². The van der Waals surface area contributed by atoms with Crippen molar-refractivity contribution in [1.82, 2.24) is 4.72 Å². The van der Waals surface area contributed by atoms with E-state index in [1.165, 1.54) is 37.7 Å². The molecule has 0 aliphatic heterocycles. The van der Waals surface area contributed by atoms with E-state index in [2.05, 4.69) is 11.6 Å². The highest BCUT2D eigenvalue weighted by molar-refractivity contribution is 7.89. The third kappa shape index (κ3) is 5.10. The van der Waals surface area contributed by atoms with Gasteiger partial charge in [-0.15, -0.1) is 0 Å². The standard InChI is InChI=1S/C18H29NO2S/c1-14(2)19-22(20,21)18-12-10-17(11-13-18)9-8-16-6-4-15(3)5-7-16/h10-16,19H,4-9H2,1-3H3. The van der Waals surface area contributed by atoms with E-state index in [0.717, 1.165) is 18.3 Å². The van der Waals surface area contributed by atoms with Crippen molar-refractivity contribution in [2.75, 3.05) is 0 Å². The molecule has 0 bridgehead atoms. The monoisotopic (exact) mass is 323 g/mol. The quantitative estimate of drug-likeness (QED) is 0.855. The van der Waals surface area contributed by atoms with E-state index in [4.69, 9.17) is 0 Å². The lowest BCUT2D eigenvalue weighted by Gasteiger charge is -2.26. The van der Waals surface area contributed by atoms with Crippen molar-refractivity contribution < 1.29 is 8.42 Å². The molecule has 0 heterocycles. The normalized spacial score (nSPS) is 22.9. The highest BCUT2D eigenvalue weighted by Gasteiger charge is 2.18. The molecule has 0 radical (unpaired) electrons. The smallest absolute Gasteiger partial charge is 0.209 e. The van der Waals surface area contributed by atoms with E-state index in [9.17, 15) is 8.42 Å². The highest BCUT2D eigenvalue weighted by Crippen LogP contribution is 2.31. The summed E-state index contributed by atoms with van der Waals surface area (Å²) in [5.41, 5.74) is 1.24. The van der Waals surface area contributed by atoms with Crippen LogP contribution in [0.1, 0.15) is 58.4 Å². The minimum absolute atomic E-state index is 0.0848. The average molecular weight is 324 g/mol. The number of sulfonamides is 1. The van der Waals surface area contributed by atoms with Gasteiger partial charge in [0.1, 0.15) is 0 Å². The Bertz CT molecular complexity index is 555. The molecule has 2 rings (SSSR count). The molecule has 0 atom stereocenters. The van der Waals surface area contributed by atoms with Crippen molar-refractivity contribution in [3.05, 3.63) is 29.8 Å². The first-order valence-corrected chi connectivity index (χ1v) is 9.96. The second-order valence-corrected chi connectivity index (χ2v) is 8.80. The van der Waals surface area contributed by atoms with Crippen LogP contribution in [0.15, 0.2) is 29.2 Å². The fraction of sp³-hybridized carbons (Fsp3) is 0.667. The van der Waals surface area contributed by atoms with E-state index >= 15 is 0 Å². The number of aryl methyl sites for hydroxylation is 1. The number of rotatable bonds is 6. The first kappa shape index (κ1) is 17.5. The van der Waals surface area contributed by atoms with Crippen molar-refractivity contribution in [2.45, 2.75) is 70.2 Å². The minimum Gasteiger partial charge on any atom is -0.209 e. The van der Waals surface area contributed by atoms with Crippen LogP contribution in [0, 0.1) is 11.8 Å². The zero-order valence-electron chi connectivity index (χ0n) is 14.0. The second-order valence-electron chi connectivity index (χ2n) is 7.08. The van der Waals surface area contributed by atoms with Gasteiger partial charge in [0.2, 0.25) is 10.0 Å². The van der Waals surface area contributed by atoms with Gasteiger partial charge >= 0.3 is 0 Å². The summed E-state index contributed by atoms with van der Waals surface area (Å²) in [6.45, 7) is 6.01. The number of benzene rings is 1. The molecule has 1 aromatic rings. The largest absolute Gasteiger partial charge is 0.240 e. The van der Waals surface area contributed by atoms with Crippen LogP contribution >= 0.6 is 0 Å². The van der Waals surface area contributed by atoms with Crippen molar-refractivity contribution in [2.24, 2.45) is 11.8 Å². The zero-order valence-corrected chi connectivity index (χ0v) is 14.8. The Labute approximate surface area is 135 Å². The van der Waals surface area contributed by atoms with Crippen molar-refractivity contribution in [1.29, 1.82) is 0 Å². The molecular formula is C18H29NO2S. The molecular weight excluding hydrogens is 294 g/mol. The molecule has 0 amide bonds. The summed E-state index contributed by atoms with van der Waals surface area (Å²) in [6.07, 6.45) is 7.71. The van der Waals surface area contributed by atoms with Gasteiger partial charge in [-0.3, -0.25) is 0 Å². The molecule has 4 heteroatoms. The molecule has 0 unspecified atom stereocenters. The molecule has 3 nitrogen and oxygen atoms in total. The Kier molecular flexibility index (Phi) is 6.04. The molecule has 0 spiro atoms. The van der Waals surface area contributed by atoms with Gasteiger partial charge in [-0.2, -0.15) is 0 Å². The predicted molar refractivity (Wildman–Crippen MR) is 91.3 cm³/mol. The lowest BCUT2D eigenvalue weighted by Crippen LogP contribution is -2.30. The van der Waals surface area contributed by atoms with Gasteiger partial charge in [-0.1, -0.05) is 44.7 Å². The number of nitrogens with one attached hydrogen (secondary N) is 1. The fourth-order valence-electron chi connectivity index (χ4n) is 3.20. The molecule has 1 saturated carbocycles. The average Bonchev–Trinajstić information content (AvgIpc) is 2.46. The summed E-state index contributed by atoms with van der Waals surface area (Å²) in [5.74, 6) is 1.75. The topological polar surface area (TPSA) is 46.2 Å². The molecule has 0 aromatic heterocycles. The molecule has 1 fully saturated rings. The Morgan fingerprint density at radius 3 is 2.23 bits per heavy atom. The Hall–Kier alpha value is -0.870. The maximum atomic E-state index is 12.1. The van der Waals surface area contributed by atoms with Crippen molar-refractivity contribution >= 4 is 10.0 Å². The van der Waals surface area contributed by atoms with Crippen LogP contribution in [0.3, 0.4) is 0 Å². The van der Waals surface area contributed by atoms with Crippen LogP contribution in [0.4, 0.5) is 0 Å². The number of hydrogen-bond acceptors (Lipinski definition) is 2. The van der Waals surface area contributed by atoms with Gasteiger partial charge in [-0.25, -0.2) is 13.1 Å². The van der Waals surface area contributed by atoms with Gasteiger partial charge in [0, 0.05) is 6.04 Å². The van der Waals surface area contributed by atoms with E-state index in [1.807, 2.05) is 26.0 Å². The van der Waals surface area contributed by atoms with Crippen LogP contribution in [-0.4, -0.2) is 14.5 Å². The maximum absolute atomic E-state index is 12.1. The Balaban J connectivity index is 1.89. The summed E-state index contributed by atoms with van der Waals surface area (Å²) >= 11 is 0. The Morgan fingerprint density at radius 1 is 1.09 bits per heavy atom. The van der Waals surface area contributed by atoms with E-state index < -0.39 is 10.0 Å². The first-order valence-electron chi connectivity index (χ1n) is 8.48. The summed E-state index contributed by atoms with van der Waals surface area (Å²) in [6, 6.07) is 7.28. The van der Waals surface area contributed by atoms with Crippen LogP contribution in [0.2, 0.25) is 0 Å². The fourth-order valence-corrected chi connectivity index (χ4v) is 4.45. The summed E-state index contributed by atoms with van der Waals surface area (Å²) in [4.78, 5) is 0.358. The van der Waals surface area contributed by atoms with Crippen molar-refractivity contribution in [3.8, 4) is 0 Å². The summed E-state index contributed by atoms with van der Waals surface area (Å²) < 4.78 is 26.8. The lowest BCUT2D eigenvalue weighted by molar-refractivity contribution is 0.278. The van der Waals surface area contributed by atoms with Crippen LogP contribution in [0.25, 0.3) is 0 Å². The Morgan fingerprint density at radius 2 is 1.68 bits per heavy atom. The highest BCUT2D eigenvalue weighted by atomic mass is 32.2. The number of hydrogen-bond donors (Lipinski definition) is 1. The molecule has 1 aliphatic rings. The third-order valence-electron chi connectivity index (χ3n) is 4.60. The van der Waals surface area contributed by atoms with E-state index in [-0.39, 0.29) is 6.04 Å². The van der Waals surface area contributed by atoms with Crippen molar-refractivity contribution in [3.63, 3.8) is 0 Å². The molecule has 0 saturated heterocycles.